The number of aromatic nitrogens is 2. The summed E-state index contributed by atoms with van der Waals surface area (Å²) in [5.74, 6) is 1.39. The Kier molecular flexibility index (Phi) is 3.69. The lowest BCUT2D eigenvalue weighted by Crippen LogP contribution is -2.16. The highest BCUT2D eigenvalue weighted by Crippen LogP contribution is 2.25. The number of hydrogen-bond donors (Lipinski definition) is 1. The maximum atomic E-state index is 6.01. The molecule has 2 N–H and O–H groups in total. The van der Waals surface area contributed by atoms with Crippen LogP contribution in [0.15, 0.2) is 18.2 Å². The van der Waals surface area contributed by atoms with Gasteiger partial charge in [0.25, 0.3) is 0 Å². The summed E-state index contributed by atoms with van der Waals surface area (Å²) in [6.07, 6.45) is 2.19. The summed E-state index contributed by atoms with van der Waals surface area (Å²) >= 11 is 6.01. The molecule has 3 nitrogen and oxygen atoms in total. The minimum absolute atomic E-state index is 0.330. The first kappa shape index (κ1) is 12.4. The number of halogens is 1. The average Bonchev–Trinajstić information content (AvgIpc) is 2.64. The summed E-state index contributed by atoms with van der Waals surface area (Å²) in [6.45, 7) is 2.81. The van der Waals surface area contributed by atoms with Crippen LogP contribution in [0.4, 0.5) is 0 Å². The Morgan fingerprint density at radius 3 is 2.88 bits per heavy atom. The van der Waals surface area contributed by atoms with Crippen molar-refractivity contribution < 1.29 is 0 Å². The van der Waals surface area contributed by atoms with Crippen LogP contribution >= 0.6 is 11.6 Å². The largest absolute Gasteiger partial charge is 0.331 e. The summed E-state index contributed by atoms with van der Waals surface area (Å²) in [4.78, 5) is 4.67. The van der Waals surface area contributed by atoms with Crippen LogP contribution in [0.25, 0.3) is 11.0 Å². The number of imidazole rings is 1. The molecule has 0 bridgehead atoms. The molecule has 2 rings (SSSR count). The molecule has 1 unspecified atom stereocenters. The van der Waals surface area contributed by atoms with Crippen molar-refractivity contribution in [3.05, 3.63) is 29.0 Å². The Morgan fingerprint density at radius 1 is 1.47 bits per heavy atom. The van der Waals surface area contributed by atoms with E-state index in [-0.39, 0.29) is 0 Å². The van der Waals surface area contributed by atoms with Crippen LogP contribution in [0.5, 0.6) is 0 Å². The van der Waals surface area contributed by atoms with Crippen LogP contribution in [0.1, 0.15) is 31.5 Å². The fourth-order valence-corrected chi connectivity index (χ4v) is 2.41. The highest BCUT2D eigenvalue weighted by atomic mass is 35.5. The Hall–Kier alpha value is -1.06. The van der Waals surface area contributed by atoms with Gasteiger partial charge in [-0.25, -0.2) is 4.98 Å². The van der Waals surface area contributed by atoms with Crippen molar-refractivity contribution in [2.24, 2.45) is 12.8 Å². The van der Waals surface area contributed by atoms with Gasteiger partial charge >= 0.3 is 0 Å². The van der Waals surface area contributed by atoms with E-state index in [1.54, 1.807) is 0 Å². The first-order valence-electron chi connectivity index (χ1n) is 5.99. The Morgan fingerprint density at radius 2 is 2.24 bits per heavy atom. The highest BCUT2D eigenvalue weighted by molar-refractivity contribution is 6.31. The minimum atomic E-state index is 0.330. The first-order chi connectivity index (χ1) is 8.17. The predicted octanol–water partition coefficient (Wildman–Crippen LogP) is 3.07. The molecule has 0 fully saturated rings. The molecule has 4 heteroatoms. The fourth-order valence-electron chi connectivity index (χ4n) is 2.25. The van der Waals surface area contributed by atoms with Gasteiger partial charge in [-0.1, -0.05) is 24.9 Å². The van der Waals surface area contributed by atoms with Gasteiger partial charge in [-0.2, -0.15) is 0 Å². The standard InChI is InChI=1S/C13H18ClN3/c1-3-4-9(8-15)13-16-11-6-5-10(14)7-12(11)17(13)2/h5-7,9H,3-4,8,15H2,1-2H3. The van der Waals surface area contributed by atoms with Crippen molar-refractivity contribution in [1.29, 1.82) is 0 Å². The van der Waals surface area contributed by atoms with E-state index >= 15 is 0 Å². The number of aryl methyl sites for hydroxylation is 1. The summed E-state index contributed by atoms with van der Waals surface area (Å²) in [6, 6.07) is 5.78. The number of nitrogens with two attached hydrogens (primary N) is 1. The molecule has 1 aromatic heterocycles. The maximum Gasteiger partial charge on any atom is 0.114 e. The van der Waals surface area contributed by atoms with E-state index in [2.05, 4.69) is 16.5 Å². The summed E-state index contributed by atoms with van der Waals surface area (Å²) in [5.41, 5.74) is 7.89. The Labute approximate surface area is 107 Å². The van der Waals surface area contributed by atoms with Gasteiger partial charge in [0.2, 0.25) is 0 Å². The highest BCUT2D eigenvalue weighted by Gasteiger charge is 2.16. The summed E-state index contributed by atoms with van der Waals surface area (Å²) < 4.78 is 2.11. The number of nitrogens with zero attached hydrogens (tertiary/aromatic N) is 2. The van der Waals surface area contributed by atoms with Crippen LogP contribution in [0.2, 0.25) is 5.02 Å². The lowest BCUT2D eigenvalue weighted by atomic mass is 10.0. The molecule has 1 heterocycles. The van der Waals surface area contributed by atoms with Crippen LogP contribution < -0.4 is 5.73 Å². The van der Waals surface area contributed by atoms with Crippen molar-refractivity contribution in [2.45, 2.75) is 25.7 Å². The first-order valence-corrected chi connectivity index (χ1v) is 6.37. The second kappa shape index (κ2) is 5.07. The number of rotatable bonds is 4. The molecule has 1 aromatic carbocycles. The van der Waals surface area contributed by atoms with Crippen molar-refractivity contribution in [3.63, 3.8) is 0 Å². The van der Waals surface area contributed by atoms with Crippen LogP contribution in [0.3, 0.4) is 0 Å². The van der Waals surface area contributed by atoms with E-state index in [0.29, 0.717) is 12.5 Å². The predicted molar refractivity (Wildman–Crippen MR) is 72.4 cm³/mol. The van der Waals surface area contributed by atoms with E-state index in [1.165, 1.54) is 0 Å². The van der Waals surface area contributed by atoms with E-state index in [1.807, 2.05) is 25.2 Å². The molecule has 0 saturated carbocycles. The SMILES string of the molecule is CCCC(CN)c1nc2ccc(Cl)cc2n1C. The second-order valence-electron chi connectivity index (χ2n) is 4.38. The Bertz CT molecular complexity index is 519. The average molecular weight is 252 g/mol. The lowest BCUT2D eigenvalue weighted by Gasteiger charge is -2.13. The normalized spacial score (nSPS) is 13.2. The van der Waals surface area contributed by atoms with Gasteiger partial charge in [0, 0.05) is 24.5 Å². The van der Waals surface area contributed by atoms with Gasteiger partial charge in [0.15, 0.2) is 0 Å². The number of hydrogen-bond acceptors (Lipinski definition) is 2. The Balaban J connectivity index is 2.51. The van der Waals surface area contributed by atoms with Gasteiger partial charge in [0.1, 0.15) is 5.82 Å². The van der Waals surface area contributed by atoms with Gasteiger partial charge in [-0.05, 0) is 24.6 Å². The molecule has 1 atom stereocenters. The van der Waals surface area contributed by atoms with E-state index in [9.17, 15) is 0 Å². The minimum Gasteiger partial charge on any atom is -0.331 e. The van der Waals surface area contributed by atoms with Crippen molar-refractivity contribution in [3.8, 4) is 0 Å². The van der Waals surface area contributed by atoms with Crippen molar-refractivity contribution in [2.75, 3.05) is 6.54 Å². The smallest absolute Gasteiger partial charge is 0.114 e. The van der Waals surface area contributed by atoms with Crippen molar-refractivity contribution in [1.82, 2.24) is 9.55 Å². The van der Waals surface area contributed by atoms with Gasteiger partial charge in [0.05, 0.1) is 11.0 Å². The van der Waals surface area contributed by atoms with Crippen LogP contribution in [-0.4, -0.2) is 16.1 Å². The molecule has 0 saturated heterocycles. The molecule has 0 radical (unpaired) electrons. The van der Waals surface area contributed by atoms with E-state index < -0.39 is 0 Å². The van der Waals surface area contributed by atoms with Crippen LogP contribution in [-0.2, 0) is 7.05 Å². The molecule has 2 aromatic rings. The lowest BCUT2D eigenvalue weighted by molar-refractivity contribution is 0.572. The van der Waals surface area contributed by atoms with Crippen molar-refractivity contribution >= 4 is 22.6 Å². The zero-order valence-electron chi connectivity index (χ0n) is 10.3. The molecule has 17 heavy (non-hydrogen) atoms. The zero-order chi connectivity index (χ0) is 12.4. The van der Waals surface area contributed by atoms with E-state index in [4.69, 9.17) is 17.3 Å². The summed E-state index contributed by atoms with van der Waals surface area (Å²) in [7, 11) is 2.03. The third-order valence-corrected chi connectivity index (χ3v) is 3.40. The van der Waals surface area contributed by atoms with Crippen LogP contribution in [0, 0.1) is 0 Å². The molecule has 0 amide bonds. The van der Waals surface area contributed by atoms with E-state index in [0.717, 1.165) is 34.7 Å². The monoisotopic (exact) mass is 251 g/mol. The topological polar surface area (TPSA) is 43.8 Å². The molecule has 0 aliphatic carbocycles. The zero-order valence-corrected chi connectivity index (χ0v) is 11.0. The fraction of sp³-hybridized carbons (Fsp3) is 0.462. The second-order valence-corrected chi connectivity index (χ2v) is 4.82. The molecule has 92 valence electrons. The third-order valence-electron chi connectivity index (χ3n) is 3.16. The maximum absolute atomic E-state index is 6.01. The molecule has 0 aliphatic rings. The molecular formula is C13H18ClN3. The van der Waals surface area contributed by atoms with Gasteiger partial charge in [-0.3, -0.25) is 0 Å². The summed E-state index contributed by atoms with van der Waals surface area (Å²) in [5, 5.41) is 0.742. The van der Waals surface area contributed by atoms with Gasteiger partial charge in [-0.15, -0.1) is 0 Å². The molecule has 0 aliphatic heterocycles. The number of fused-ring (bicyclic) bond motifs is 1. The quantitative estimate of drug-likeness (QED) is 0.908. The number of benzene rings is 1. The molecule has 0 spiro atoms. The molecular weight excluding hydrogens is 234 g/mol. The third kappa shape index (κ3) is 2.31. The van der Waals surface area contributed by atoms with Gasteiger partial charge < -0.3 is 10.3 Å².